The number of aromatic amines is 2. The molecule has 0 aliphatic carbocycles. The number of rotatable bonds is 6. The van der Waals surface area contributed by atoms with E-state index in [1.807, 2.05) is 0 Å². The average molecular weight is 327 g/mol. The monoisotopic (exact) mass is 327 g/mol. The van der Waals surface area contributed by atoms with Crippen molar-refractivity contribution in [2.24, 2.45) is 0 Å². The van der Waals surface area contributed by atoms with Crippen molar-refractivity contribution in [3.8, 4) is 0 Å². The second kappa shape index (κ2) is 8.23. The predicted molar refractivity (Wildman–Crippen MR) is 83.8 cm³/mol. The van der Waals surface area contributed by atoms with Gasteiger partial charge in [-0.05, 0) is 19.3 Å². The van der Waals surface area contributed by atoms with Crippen molar-refractivity contribution >= 4 is 29.7 Å². The van der Waals surface area contributed by atoms with Crippen LogP contribution in [0.15, 0.2) is 15.7 Å². The lowest BCUT2D eigenvalue weighted by molar-refractivity contribution is -0.143. The number of hydrogen-bond donors (Lipinski definition) is 3. The molecule has 1 amide bonds. The van der Waals surface area contributed by atoms with Crippen molar-refractivity contribution in [2.45, 2.75) is 13.0 Å². The fraction of sp³-hybridized carbons (Fsp3) is 0.385. The molecular formula is C13H17N3O5S. The van der Waals surface area contributed by atoms with Gasteiger partial charge in [-0.2, -0.15) is 11.8 Å². The van der Waals surface area contributed by atoms with Gasteiger partial charge in [0.05, 0.1) is 12.7 Å². The van der Waals surface area contributed by atoms with Gasteiger partial charge in [0.25, 0.3) is 5.56 Å². The van der Waals surface area contributed by atoms with Crippen LogP contribution in [0.25, 0.3) is 6.08 Å². The second-order valence-electron chi connectivity index (χ2n) is 4.32. The summed E-state index contributed by atoms with van der Waals surface area (Å²) < 4.78 is 4.59. The highest BCUT2D eigenvalue weighted by atomic mass is 32.2. The number of ether oxygens (including phenoxy) is 1. The predicted octanol–water partition coefficient (Wildman–Crippen LogP) is -0.594. The number of amides is 1. The summed E-state index contributed by atoms with van der Waals surface area (Å²) >= 11 is 1.38. The molecule has 0 aliphatic rings. The highest BCUT2D eigenvalue weighted by Crippen LogP contribution is 2.01. The molecule has 0 fully saturated rings. The van der Waals surface area contributed by atoms with Gasteiger partial charge in [-0.25, -0.2) is 9.59 Å². The summed E-state index contributed by atoms with van der Waals surface area (Å²) in [6.07, 6.45) is 4.18. The zero-order valence-corrected chi connectivity index (χ0v) is 13.2. The Labute approximate surface area is 130 Å². The van der Waals surface area contributed by atoms with E-state index in [0.29, 0.717) is 11.4 Å². The minimum absolute atomic E-state index is 0.161. The van der Waals surface area contributed by atoms with Crippen LogP contribution in [0.4, 0.5) is 0 Å². The Kier molecular flexibility index (Phi) is 6.64. The SMILES string of the molecule is COC(=O)[C@@H](CSC)NC(=O)/C=C/c1c(C)[nH]c(=O)[nH]c1=O. The fourth-order valence-electron chi connectivity index (χ4n) is 1.67. The van der Waals surface area contributed by atoms with Crippen LogP contribution in [0.1, 0.15) is 11.3 Å². The number of methoxy groups -OCH3 is 1. The Bertz CT molecular complexity index is 692. The molecular weight excluding hydrogens is 310 g/mol. The van der Waals surface area contributed by atoms with Gasteiger partial charge in [0, 0.05) is 17.5 Å². The Morgan fingerprint density at radius 1 is 1.36 bits per heavy atom. The largest absolute Gasteiger partial charge is 0.467 e. The summed E-state index contributed by atoms with van der Waals surface area (Å²) in [4.78, 5) is 50.5. The third-order valence-corrected chi connectivity index (χ3v) is 3.38. The number of carbonyl (C=O) groups excluding carboxylic acids is 2. The summed E-state index contributed by atoms with van der Waals surface area (Å²) in [5.74, 6) is -0.728. The first kappa shape index (κ1) is 17.8. The molecule has 22 heavy (non-hydrogen) atoms. The second-order valence-corrected chi connectivity index (χ2v) is 5.23. The molecule has 0 saturated carbocycles. The number of aryl methyl sites for hydroxylation is 1. The van der Waals surface area contributed by atoms with E-state index in [0.717, 1.165) is 6.08 Å². The van der Waals surface area contributed by atoms with E-state index < -0.39 is 29.2 Å². The smallest absolute Gasteiger partial charge is 0.329 e. The number of H-pyrrole nitrogens is 2. The Morgan fingerprint density at radius 3 is 2.59 bits per heavy atom. The van der Waals surface area contributed by atoms with E-state index in [2.05, 4.69) is 20.0 Å². The molecule has 1 atom stereocenters. The van der Waals surface area contributed by atoms with Gasteiger partial charge in [-0.1, -0.05) is 0 Å². The standard InChI is InChI=1S/C13H17N3O5S/c1-7-8(11(18)16-13(20)14-7)4-5-10(17)15-9(6-22-3)12(19)21-2/h4-5,9H,6H2,1-3H3,(H,15,17)(H2,14,16,18,20)/b5-4+/t9-/m1/s1. The van der Waals surface area contributed by atoms with Crippen LogP contribution in [-0.2, 0) is 14.3 Å². The van der Waals surface area contributed by atoms with E-state index in [9.17, 15) is 19.2 Å². The van der Waals surface area contributed by atoms with E-state index >= 15 is 0 Å². The third kappa shape index (κ3) is 4.92. The van der Waals surface area contributed by atoms with Gasteiger partial charge in [0.1, 0.15) is 6.04 Å². The molecule has 8 nitrogen and oxygen atoms in total. The molecule has 1 aromatic heterocycles. The normalized spacial score (nSPS) is 12.1. The minimum Gasteiger partial charge on any atom is -0.467 e. The zero-order chi connectivity index (χ0) is 16.7. The first-order chi connectivity index (χ1) is 10.4. The van der Waals surface area contributed by atoms with Crippen LogP contribution in [0, 0.1) is 6.92 Å². The van der Waals surface area contributed by atoms with Crippen LogP contribution >= 0.6 is 11.8 Å². The van der Waals surface area contributed by atoms with Crippen molar-refractivity contribution in [3.05, 3.63) is 38.2 Å². The lowest BCUT2D eigenvalue weighted by Gasteiger charge is -2.13. The van der Waals surface area contributed by atoms with E-state index in [1.54, 1.807) is 13.2 Å². The van der Waals surface area contributed by atoms with Gasteiger partial charge >= 0.3 is 11.7 Å². The van der Waals surface area contributed by atoms with Crippen LogP contribution in [-0.4, -0.2) is 47.0 Å². The summed E-state index contributed by atoms with van der Waals surface area (Å²) in [6, 6.07) is -0.771. The van der Waals surface area contributed by atoms with Gasteiger partial charge in [0.15, 0.2) is 0 Å². The number of carbonyl (C=O) groups is 2. The lowest BCUT2D eigenvalue weighted by atomic mass is 10.2. The Balaban J connectivity index is 2.86. The summed E-state index contributed by atoms with van der Waals surface area (Å²) in [7, 11) is 1.24. The average Bonchev–Trinajstić information content (AvgIpc) is 2.44. The first-order valence-corrected chi connectivity index (χ1v) is 7.67. The molecule has 0 aliphatic heterocycles. The summed E-state index contributed by atoms with van der Waals surface area (Å²) in [5, 5.41) is 2.48. The highest BCUT2D eigenvalue weighted by molar-refractivity contribution is 7.98. The number of hydrogen-bond acceptors (Lipinski definition) is 6. The number of thioether (sulfide) groups is 1. The van der Waals surface area contributed by atoms with Crippen molar-refractivity contribution in [1.29, 1.82) is 0 Å². The van der Waals surface area contributed by atoms with Gasteiger partial charge in [0.2, 0.25) is 5.91 Å². The maximum Gasteiger partial charge on any atom is 0.329 e. The molecule has 0 saturated heterocycles. The summed E-state index contributed by atoms with van der Waals surface area (Å²) in [6.45, 7) is 1.54. The molecule has 0 radical (unpaired) electrons. The molecule has 9 heteroatoms. The van der Waals surface area contributed by atoms with Crippen LogP contribution in [0.2, 0.25) is 0 Å². The molecule has 0 spiro atoms. The van der Waals surface area contributed by atoms with E-state index in [-0.39, 0.29) is 5.56 Å². The quantitative estimate of drug-likeness (QED) is 0.474. The van der Waals surface area contributed by atoms with Crippen LogP contribution < -0.4 is 16.6 Å². The summed E-state index contributed by atoms with van der Waals surface area (Å²) in [5.41, 5.74) is -0.713. The number of esters is 1. The molecule has 1 heterocycles. The maximum atomic E-state index is 11.8. The molecule has 120 valence electrons. The highest BCUT2D eigenvalue weighted by Gasteiger charge is 2.19. The zero-order valence-electron chi connectivity index (χ0n) is 12.4. The van der Waals surface area contributed by atoms with Gasteiger partial charge < -0.3 is 15.0 Å². The molecule has 1 rings (SSSR count). The third-order valence-electron chi connectivity index (χ3n) is 2.71. The number of nitrogens with one attached hydrogen (secondary N) is 3. The topological polar surface area (TPSA) is 121 Å². The first-order valence-electron chi connectivity index (χ1n) is 6.27. The van der Waals surface area contributed by atoms with Gasteiger partial charge in [-0.15, -0.1) is 0 Å². The number of aromatic nitrogens is 2. The maximum absolute atomic E-state index is 11.8. The van der Waals surface area contributed by atoms with Crippen LogP contribution in [0.3, 0.4) is 0 Å². The van der Waals surface area contributed by atoms with Crippen LogP contribution in [0.5, 0.6) is 0 Å². The molecule has 0 unspecified atom stereocenters. The van der Waals surface area contributed by atoms with Crippen molar-refractivity contribution in [2.75, 3.05) is 19.1 Å². The van der Waals surface area contributed by atoms with Gasteiger partial charge in [-0.3, -0.25) is 14.6 Å². The fourth-order valence-corrected chi connectivity index (χ4v) is 2.22. The van der Waals surface area contributed by atoms with Crippen molar-refractivity contribution in [3.63, 3.8) is 0 Å². The van der Waals surface area contributed by atoms with E-state index in [1.165, 1.54) is 24.9 Å². The molecule has 0 bridgehead atoms. The molecule has 1 aromatic rings. The van der Waals surface area contributed by atoms with E-state index in [4.69, 9.17) is 0 Å². The van der Waals surface area contributed by atoms with Crippen molar-refractivity contribution in [1.82, 2.24) is 15.3 Å². The van der Waals surface area contributed by atoms with Crippen molar-refractivity contribution < 1.29 is 14.3 Å². The molecule has 3 N–H and O–H groups in total. The molecule has 0 aromatic carbocycles. The lowest BCUT2D eigenvalue weighted by Crippen LogP contribution is -2.42. The minimum atomic E-state index is -0.771. The Morgan fingerprint density at radius 2 is 2.05 bits per heavy atom. The Hall–Kier alpha value is -2.29.